The van der Waals surface area contributed by atoms with E-state index in [-0.39, 0.29) is 11.6 Å². The Labute approximate surface area is 186 Å². The summed E-state index contributed by atoms with van der Waals surface area (Å²) in [5, 5.41) is 16.6. The summed E-state index contributed by atoms with van der Waals surface area (Å²) in [5.74, 6) is 0.497. The number of rotatable bonds is 4. The van der Waals surface area contributed by atoms with Crippen molar-refractivity contribution in [3.05, 3.63) is 99.6 Å². The summed E-state index contributed by atoms with van der Waals surface area (Å²) in [4.78, 5) is 28.3. The molecule has 3 aromatic carbocycles. The molecule has 1 N–H and O–H groups in total. The van der Waals surface area contributed by atoms with Gasteiger partial charge in [0.15, 0.2) is 5.17 Å². The van der Waals surface area contributed by atoms with Crippen LogP contribution in [0, 0.1) is 10.1 Å². The lowest BCUT2D eigenvalue weighted by atomic mass is 10.1. The summed E-state index contributed by atoms with van der Waals surface area (Å²) < 4.78 is 5.77. The lowest BCUT2D eigenvalue weighted by Crippen LogP contribution is -2.19. The van der Waals surface area contributed by atoms with Crippen LogP contribution in [0.15, 0.2) is 93.2 Å². The first kappa shape index (κ1) is 19.8. The third-order valence-electron chi connectivity index (χ3n) is 4.91. The maximum atomic E-state index is 12.5. The number of aliphatic imine (C=N–C) groups is 1. The molecule has 1 aliphatic heterocycles. The van der Waals surface area contributed by atoms with Crippen molar-refractivity contribution in [2.24, 2.45) is 4.99 Å². The van der Waals surface area contributed by atoms with Crippen molar-refractivity contribution < 1.29 is 14.1 Å². The molecule has 1 amide bonds. The number of thioether (sulfide) groups is 1. The summed E-state index contributed by atoms with van der Waals surface area (Å²) >= 11 is 1.21. The number of hydrogen-bond acceptors (Lipinski definition) is 6. The third kappa shape index (κ3) is 3.79. The standard InChI is InChI=1S/C24H15N3O4S/c28-23-22(14-16-12-13-21(31-16)18-9-3-4-11-20(18)27(29)30)32-24(26-23)25-19-10-5-7-15-6-1-2-8-17(15)19/h1-14H,(H,25,26,28). The van der Waals surface area contributed by atoms with Crippen molar-refractivity contribution in [1.29, 1.82) is 0 Å². The second kappa shape index (κ2) is 8.16. The zero-order valence-corrected chi connectivity index (χ0v) is 17.3. The average Bonchev–Trinajstić information content (AvgIpc) is 3.40. The Morgan fingerprint density at radius 1 is 0.969 bits per heavy atom. The predicted octanol–water partition coefficient (Wildman–Crippen LogP) is 5.90. The van der Waals surface area contributed by atoms with Gasteiger partial charge >= 0.3 is 0 Å². The molecule has 4 aromatic rings. The number of nitrogens with zero attached hydrogens (tertiary/aromatic N) is 2. The summed E-state index contributed by atoms with van der Waals surface area (Å²) in [6, 6.07) is 23.4. The Morgan fingerprint density at radius 3 is 2.62 bits per heavy atom. The molecule has 7 nitrogen and oxygen atoms in total. The number of carbonyl (C=O) groups is 1. The zero-order valence-electron chi connectivity index (χ0n) is 16.5. The molecule has 0 unspecified atom stereocenters. The van der Waals surface area contributed by atoms with Crippen molar-refractivity contribution in [2.45, 2.75) is 0 Å². The third-order valence-corrected chi connectivity index (χ3v) is 5.82. The minimum atomic E-state index is -0.452. The fraction of sp³-hybridized carbons (Fsp3) is 0. The first-order chi connectivity index (χ1) is 15.6. The van der Waals surface area contributed by atoms with Crippen LogP contribution in [0.25, 0.3) is 28.2 Å². The van der Waals surface area contributed by atoms with Crippen molar-refractivity contribution in [2.75, 3.05) is 0 Å². The lowest BCUT2D eigenvalue weighted by Gasteiger charge is -2.02. The Hall–Kier alpha value is -4.17. The molecule has 0 radical (unpaired) electrons. The summed E-state index contributed by atoms with van der Waals surface area (Å²) in [5.41, 5.74) is 1.10. The molecule has 2 heterocycles. The van der Waals surface area contributed by atoms with Gasteiger partial charge in [-0.3, -0.25) is 14.9 Å². The summed E-state index contributed by atoms with van der Waals surface area (Å²) in [6.07, 6.45) is 1.60. The van der Waals surface area contributed by atoms with Gasteiger partial charge in [0.2, 0.25) is 0 Å². The monoisotopic (exact) mass is 441 g/mol. The molecular weight excluding hydrogens is 426 g/mol. The number of hydrogen-bond donors (Lipinski definition) is 1. The van der Waals surface area contributed by atoms with Gasteiger partial charge in [-0.05, 0) is 41.4 Å². The molecule has 0 spiro atoms. The van der Waals surface area contributed by atoms with E-state index in [1.54, 1.807) is 36.4 Å². The number of amidine groups is 1. The normalized spacial score (nSPS) is 16.1. The zero-order chi connectivity index (χ0) is 22.1. The Balaban J connectivity index is 1.42. The molecule has 1 fully saturated rings. The molecule has 156 valence electrons. The van der Waals surface area contributed by atoms with Crippen LogP contribution in [-0.4, -0.2) is 16.0 Å². The highest BCUT2D eigenvalue weighted by atomic mass is 32.2. The molecule has 5 rings (SSSR count). The van der Waals surface area contributed by atoms with Crippen LogP contribution in [0.1, 0.15) is 5.76 Å². The summed E-state index contributed by atoms with van der Waals surface area (Å²) in [7, 11) is 0. The largest absolute Gasteiger partial charge is 0.456 e. The number of nitro groups is 1. The van der Waals surface area contributed by atoms with Gasteiger partial charge in [0.05, 0.1) is 21.1 Å². The molecule has 1 aliphatic rings. The predicted molar refractivity (Wildman–Crippen MR) is 126 cm³/mol. The Bertz CT molecular complexity index is 1430. The number of fused-ring (bicyclic) bond motifs is 1. The van der Waals surface area contributed by atoms with Crippen molar-refractivity contribution in [1.82, 2.24) is 5.32 Å². The number of para-hydroxylation sites is 1. The van der Waals surface area contributed by atoms with Crippen LogP contribution in [0.5, 0.6) is 0 Å². The van der Waals surface area contributed by atoms with Gasteiger partial charge in [0.25, 0.3) is 11.6 Å². The van der Waals surface area contributed by atoms with E-state index in [0.717, 1.165) is 16.5 Å². The fourth-order valence-electron chi connectivity index (χ4n) is 3.44. The van der Waals surface area contributed by atoms with Crippen LogP contribution in [-0.2, 0) is 4.79 Å². The average molecular weight is 441 g/mol. The topological polar surface area (TPSA) is 97.7 Å². The van der Waals surface area contributed by atoms with E-state index < -0.39 is 4.92 Å². The van der Waals surface area contributed by atoms with Crippen LogP contribution in [0.3, 0.4) is 0 Å². The van der Waals surface area contributed by atoms with Gasteiger partial charge in [-0.2, -0.15) is 0 Å². The highest BCUT2D eigenvalue weighted by molar-refractivity contribution is 8.18. The maximum Gasteiger partial charge on any atom is 0.280 e. The van der Waals surface area contributed by atoms with Crippen molar-refractivity contribution in [3.63, 3.8) is 0 Å². The SMILES string of the molecule is O=C1NC(=Nc2cccc3ccccc23)SC1=Cc1ccc(-c2ccccc2[N+](=O)[O-])o1. The van der Waals surface area contributed by atoms with E-state index in [4.69, 9.17) is 4.42 Å². The first-order valence-electron chi connectivity index (χ1n) is 9.69. The van der Waals surface area contributed by atoms with Gasteiger partial charge < -0.3 is 9.73 Å². The Kier molecular flexibility index (Phi) is 5.04. The van der Waals surface area contributed by atoms with Gasteiger partial charge in [-0.25, -0.2) is 4.99 Å². The molecule has 0 saturated carbocycles. The quantitative estimate of drug-likeness (QED) is 0.242. The molecule has 32 heavy (non-hydrogen) atoms. The fourth-order valence-corrected chi connectivity index (χ4v) is 4.26. The molecule has 0 bridgehead atoms. The number of benzene rings is 3. The smallest absolute Gasteiger partial charge is 0.280 e. The molecule has 0 atom stereocenters. The van der Waals surface area contributed by atoms with Gasteiger partial charge in [-0.1, -0.05) is 48.5 Å². The lowest BCUT2D eigenvalue weighted by molar-refractivity contribution is -0.384. The summed E-state index contributed by atoms with van der Waals surface area (Å²) in [6.45, 7) is 0. The number of nitrogens with one attached hydrogen (secondary N) is 1. The first-order valence-corrected chi connectivity index (χ1v) is 10.5. The number of furan rings is 1. The van der Waals surface area contributed by atoms with E-state index in [0.29, 0.717) is 27.2 Å². The van der Waals surface area contributed by atoms with Crippen molar-refractivity contribution in [3.8, 4) is 11.3 Å². The molecule has 1 saturated heterocycles. The van der Waals surface area contributed by atoms with Crippen LogP contribution >= 0.6 is 11.8 Å². The second-order valence-electron chi connectivity index (χ2n) is 6.96. The van der Waals surface area contributed by atoms with E-state index in [2.05, 4.69) is 10.3 Å². The number of carbonyl (C=O) groups excluding carboxylic acids is 1. The van der Waals surface area contributed by atoms with E-state index >= 15 is 0 Å². The molecule has 8 heteroatoms. The molecule has 0 aliphatic carbocycles. The van der Waals surface area contributed by atoms with Gasteiger partial charge in [0, 0.05) is 17.5 Å². The Morgan fingerprint density at radius 2 is 1.75 bits per heavy atom. The maximum absolute atomic E-state index is 12.5. The van der Waals surface area contributed by atoms with Crippen molar-refractivity contribution >= 4 is 51.1 Å². The highest BCUT2D eigenvalue weighted by Crippen LogP contribution is 2.34. The van der Waals surface area contributed by atoms with Crippen LogP contribution in [0.4, 0.5) is 11.4 Å². The van der Waals surface area contributed by atoms with Gasteiger partial charge in [-0.15, -0.1) is 0 Å². The highest BCUT2D eigenvalue weighted by Gasteiger charge is 2.25. The minimum absolute atomic E-state index is 0.0430. The molecular formula is C24H15N3O4S. The van der Waals surface area contributed by atoms with E-state index in [9.17, 15) is 14.9 Å². The van der Waals surface area contributed by atoms with Gasteiger partial charge in [0.1, 0.15) is 11.5 Å². The molecule has 1 aromatic heterocycles. The van der Waals surface area contributed by atoms with Crippen LogP contribution in [0.2, 0.25) is 0 Å². The van der Waals surface area contributed by atoms with Crippen LogP contribution < -0.4 is 5.32 Å². The second-order valence-corrected chi connectivity index (χ2v) is 7.99. The number of nitro benzene ring substituents is 1. The number of amides is 1. The van der Waals surface area contributed by atoms with E-state index in [1.807, 2.05) is 42.5 Å². The minimum Gasteiger partial charge on any atom is -0.456 e. The van der Waals surface area contributed by atoms with E-state index in [1.165, 1.54) is 17.8 Å².